The highest BCUT2D eigenvalue weighted by Crippen LogP contribution is 2.32. The molecular weight excluding hydrogens is 324 g/mol. The molecule has 8 heteroatoms. The second-order valence-corrected chi connectivity index (χ2v) is 6.46. The lowest BCUT2D eigenvalue weighted by Crippen LogP contribution is -2.51. The molecule has 2 saturated heterocycles. The number of hydrogen-bond donors (Lipinski definition) is 2. The Morgan fingerprint density at radius 2 is 2.04 bits per heavy atom. The highest BCUT2D eigenvalue weighted by atomic mass is 16.6. The van der Waals surface area contributed by atoms with Crippen molar-refractivity contribution in [2.24, 2.45) is 0 Å². The van der Waals surface area contributed by atoms with Crippen LogP contribution in [0.15, 0.2) is 18.2 Å². The maximum absolute atomic E-state index is 12.6. The van der Waals surface area contributed by atoms with Crippen molar-refractivity contribution in [2.75, 3.05) is 44.7 Å². The number of carbonyl (C=O) groups excluding carboxylic acids is 2. The smallest absolute Gasteiger partial charge is 0.321 e. The Morgan fingerprint density at radius 3 is 2.84 bits per heavy atom. The maximum Gasteiger partial charge on any atom is 0.321 e. The standard InChI is InChI=1S/C17H22N4O4/c22-16-18-5-7-21(16)13-2-1-6-20(11-13)17(23)19-12-3-4-14-15(10-12)25-9-8-24-14/h3-4,10,13H,1-2,5-9,11H2,(H,18,22)(H,19,23)/t13-/m1/s1. The van der Waals surface area contributed by atoms with Crippen molar-refractivity contribution in [1.82, 2.24) is 15.1 Å². The number of nitrogens with zero attached hydrogens (tertiary/aromatic N) is 2. The SMILES string of the molecule is O=C(Nc1ccc2c(c1)OCCO2)N1CCC[C@@H](N2CCNC2=O)C1. The van der Waals surface area contributed by atoms with Crippen molar-refractivity contribution in [3.63, 3.8) is 0 Å². The number of hydrogen-bond acceptors (Lipinski definition) is 4. The van der Waals surface area contributed by atoms with Gasteiger partial charge in [0, 0.05) is 37.9 Å². The molecule has 3 aliphatic rings. The molecule has 3 heterocycles. The van der Waals surface area contributed by atoms with E-state index in [1.54, 1.807) is 23.1 Å². The van der Waals surface area contributed by atoms with Gasteiger partial charge in [0.1, 0.15) is 13.2 Å². The Labute approximate surface area is 146 Å². The summed E-state index contributed by atoms with van der Waals surface area (Å²) in [6.07, 6.45) is 1.82. The largest absolute Gasteiger partial charge is 0.486 e. The Balaban J connectivity index is 1.39. The van der Waals surface area contributed by atoms with Crippen LogP contribution in [-0.2, 0) is 0 Å². The molecule has 0 radical (unpaired) electrons. The minimum absolute atomic E-state index is 0.0286. The van der Waals surface area contributed by atoms with Crippen LogP contribution in [0, 0.1) is 0 Å². The number of nitrogens with one attached hydrogen (secondary N) is 2. The average molecular weight is 346 g/mol. The van der Waals surface area contributed by atoms with Crippen LogP contribution in [0.4, 0.5) is 15.3 Å². The minimum atomic E-state index is -0.152. The summed E-state index contributed by atoms with van der Waals surface area (Å²) in [5.74, 6) is 1.34. The molecule has 4 amide bonds. The molecule has 4 rings (SSSR count). The van der Waals surface area contributed by atoms with Gasteiger partial charge in [0.2, 0.25) is 0 Å². The van der Waals surface area contributed by atoms with E-state index in [2.05, 4.69) is 10.6 Å². The van der Waals surface area contributed by atoms with Gasteiger partial charge in [0.15, 0.2) is 11.5 Å². The number of fused-ring (bicyclic) bond motifs is 1. The van der Waals surface area contributed by atoms with E-state index in [-0.39, 0.29) is 18.1 Å². The lowest BCUT2D eigenvalue weighted by Gasteiger charge is -2.37. The Kier molecular flexibility index (Phi) is 4.25. The van der Waals surface area contributed by atoms with Crippen LogP contribution in [-0.4, -0.2) is 67.3 Å². The summed E-state index contributed by atoms with van der Waals surface area (Å²) in [6.45, 7) is 3.69. The van der Waals surface area contributed by atoms with E-state index in [0.717, 1.165) is 12.8 Å². The summed E-state index contributed by atoms with van der Waals surface area (Å²) < 4.78 is 11.0. The van der Waals surface area contributed by atoms with E-state index in [1.807, 2.05) is 4.90 Å². The molecule has 1 aromatic rings. The van der Waals surface area contributed by atoms with Crippen LogP contribution < -0.4 is 20.1 Å². The number of urea groups is 2. The van der Waals surface area contributed by atoms with E-state index < -0.39 is 0 Å². The van der Waals surface area contributed by atoms with E-state index >= 15 is 0 Å². The number of carbonyl (C=O) groups is 2. The van der Waals surface area contributed by atoms with E-state index in [4.69, 9.17) is 9.47 Å². The van der Waals surface area contributed by atoms with Gasteiger partial charge in [0.25, 0.3) is 0 Å². The molecule has 1 atom stereocenters. The molecule has 0 unspecified atom stereocenters. The van der Waals surface area contributed by atoms with Crippen molar-refractivity contribution in [1.29, 1.82) is 0 Å². The van der Waals surface area contributed by atoms with Gasteiger partial charge < -0.3 is 29.9 Å². The van der Waals surface area contributed by atoms with Gasteiger partial charge in [-0.3, -0.25) is 0 Å². The molecule has 0 aromatic heterocycles. The van der Waals surface area contributed by atoms with Gasteiger partial charge in [-0.15, -0.1) is 0 Å². The zero-order valence-corrected chi connectivity index (χ0v) is 14.0. The number of anilines is 1. The molecular formula is C17H22N4O4. The zero-order valence-electron chi connectivity index (χ0n) is 14.0. The minimum Gasteiger partial charge on any atom is -0.486 e. The van der Waals surface area contributed by atoms with Crippen molar-refractivity contribution in [3.05, 3.63) is 18.2 Å². The summed E-state index contributed by atoms with van der Waals surface area (Å²) in [6, 6.07) is 5.29. The highest BCUT2D eigenvalue weighted by Gasteiger charge is 2.32. The first-order valence-electron chi connectivity index (χ1n) is 8.71. The molecule has 2 N–H and O–H groups in total. The van der Waals surface area contributed by atoms with Gasteiger partial charge in [-0.2, -0.15) is 0 Å². The number of rotatable bonds is 2. The zero-order chi connectivity index (χ0) is 17.2. The van der Waals surface area contributed by atoms with Crippen molar-refractivity contribution in [3.8, 4) is 11.5 Å². The Hall–Kier alpha value is -2.64. The first-order valence-corrected chi connectivity index (χ1v) is 8.71. The molecule has 0 spiro atoms. The Morgan fingerprint density at radius 1 is 1.20 bits per heavy atom. The first kappa shape index (κ1) is 15.9. The summed E-state index contributed by atoms with van der Waals surface area (Å²) in [4.78, 5) is 28.1. The van der Waals surface area contributed by atoms with Crippen LogP contribution in [0.1, 0.15) is 12.8 Å². The third kappa shape index (κ3) is 3.29. The summed E-state index contributed by atoms with van der Waals surface area (Å²) in [5, 5.41) is 5.74. The van der Waals surface area contributed by atoms with Crippen LogP contribution in [0.3, 0.4) is 0 Å². The number of amides is 4. The van der Waals surface area contributed by atoms with E-state index in [9.17, 15) is 9.59 Å². The van der Waals surface area contributed by atoms with Gasteiger partial charge in [0.05, 0.1) is 6.04 Å². The number of benzene rings is 1. The van der Waals surface area contributed by atoms with Gasteiger partial charge >= 0.3 is 12.1 Å². The fourth-order valence-electron chi connectivity index (χ4n) is 3.55. The monoisotopic (exact) mass is 346 g/mol. The predicted molar refractivity (Wildman–Crippen MR) is 91.2 cm³/mol. The molecule has 8 nitrogen and oxygen atoms in total. The summed E-state index contributed by atoms with van der Waals surface area (Å²) in [7, 11) is 0. The molecule has 25 heavy (non-hydrogen) atoms. The quantitative estimate of drug-likeness (QED) is 0.850. The van der Waals surface area contributed by atoms with Crippen LogP contribution in [0.5, 0.6) is 11.5 Å². The molecule has 0 aliphatic carbocycles. The predicted octanol–water partition coefficient (Wildman–Crippen LogP) is 1.48. The number of piperidine rings is 1. The van der Waals surface area contributed by atoms with Crippen molar-refractivity contribution >= 4 is 17.7 Å². The number of likely N-dealkylation sites (tertiary alicyclic amines) is 1. The second-order valence-electron chi connectivity index (χ2n) is 6.46. The van der Waals surface area contributed by atoms with Gasteiger partial charge in [-0.25, -0.2) is 9.59 Å². The summed E-state index contributed by atoms with van der Waals surface area (Å²) >= 11 is 0. The first-order chi connectivity index (χ1) is 12.2. The molecule has 0 bridgehead atoms. The molecule has 1 aromatic carbocycles. The van der Waals surface area contributed by atoms with Crippen LogP contribution >= 0.6 is 0 Å². The van der Waals surface area contributed by atoms with Crippen molar-refractivity contribution < 1.29 is 19.1 Å². The van der Waals surface area contributed by atoms with Gasteiger partial charge in [-0.05, 0) is 25.0 Å². The molecule has 0 saturated carbocycles. The van der Waals surface area contributed by atoms with Gasteiger partial charge in [-0.1, -0.05) is 0 Å². The molecule has 134 valence electrons. The maximum atomic E-state index is 12.6. The third-order valence-electron chi connectivity index (χ3n) is 4.81. The normalized spacial score (nSPS) is 22.6. The fourth-order valence-corrected chi connectivity index (χ4v) is 3.55. The fraction of sp³-hybridized carbons (Fsp3) is 0.529. The highest BCUT2D eigenvalue weighted by molar-refractivity contribution is 5.90. The molecule has 2 fully saturated rings. The van der Waals surface area contributed by atoms with Crippen LogP contribution in [0.25, 0.3) is 0 Å². The van der Waals surface area contributed by atoms with Crippen molar-refractivity contribution in [2.45, 2.75) is 18.9 Å². The topological polar surface area (TPSA) is 83.1 Å². The average Bonchev–Trinajstić information content (AvgIpc) is 3.08. The number of ether oxygens (including phenoxy) is 2. The molecule has 3 aliphatic heterocycles. The summed E-state index contributed by atoms with van der Waals surface area (Å²) in [5.41, 5.74) is 0.676. The van der Waals surface area contributed by atoms with E-state index in [0.29, 0.717) is 56.6 Å². The second kappa shape index (κ2) is 6.70. The lowest BCUT2D eigenvalue weighted by atomic mass is 10.0. The lowest BCUT2D eigenvalue weighted by molar-refractivity contribution is 0.139. The third-order valence-corrected chi connectivity index (χ3v) is 4.81. The van der Waals surface area contributed by atoms with Crippen LogP contribution in [0.2, 0.25) is 0 Å². The van der Waals surface area contributed by atoms with E-state index in [1.165, 1.54) is 0 Å². The Bertz CT molecular complexity index is 681.